The Labute approximate surface area is 181 Å². The zero-order valence-electron chi connectivity index (χ0n) is 18.1. The molecular formula is C23H28N2O6. The van der Waals surface area contributed by atoms with Crippen molar-refractivity contribution in [2.75, 3.05) is 39.4 Å². The number of carbonyl (C=O) groups excluding carboxylic acids is 3. The van der Waals surface area contributed by atoms with Crippen molar-refractivity contribution in [3.05, 3.63) is 54.0 Å². The molecule has 166 valence electrons. The molecule has 1 aliphatic heterocycles. The van der Waals surface area contributed by atoms with E-state index in [2.05, 4.69) is 20.8 Å². The zero-order chi connectivity index (χ0) is 22.4. The minimum atomic E-state index is -0.611. The van der Waals surface area contributed by atoms with E-state index in [1.54, 1.807) is 21.9 Å². The van der Waals surface area contributed by atoms with Gasteiger partial charge < -0.3 is 23.7 Å². The van der Waals surface area contributed by atoms with Crippen LogP contribution in [0.4, 0.5) is 0 Å². The minimum absolute atomic E-state index is 0.0371. The number of hydrogen-bond acceptors (Lipinski definition) is 6. The molecule has 0 N–H and O–H groups in total. The lowest BCUT2D eigenvalue weighted by atomic mass is 9.87. The Morgan fingerprint density at radius 1 is 0.935 bits per heavy atom. The number of hydrogen-bond donors (Lipinski definition) is 0. The molecule has 2 heterocycles. The summed E-state index contributed by atoms with van der Waals surface area (Å²) in [5.74, 6) is -0.264. The summed E-state index contributed by atoms with van der Waals surface area (Å²) in [5, 5.41) is 0. The van der Waals surface area contributed by atoms with Crippen LogP contribution in [-0.4, -0.2) is 67.0 Å². The number of rotatable bonds is 6. The summed E-state index contributed by atoms with van der Waals surface area (Å²) < 4.78 is 15.6. The summed E-state index contributed by atoms with van der Waals surface area (Å²) in [7, 11) is 0. The molecule has 0 atom stereocenters. The summed E-state index contributed by atoms with van der Waals surface area (Å²) in [6.07, 6.45) is 1.45. The van der Waals surface area contributed by atoms with Gasteiger partial charge >= 0.3 is 5.97 Å². The van der Waals surface area contributed by atoms with Gasteiger partial charge in [-0.05, 0) is 35.2 Å². The molecule has 3 rings (SSSR count). The molecule has 0 radical (unpaired) electrons. The molecule has 2 aromatic rings. The number of nitrogens with zero attached hydrogens (tertiary/aromatic N) is 2. The molecule has 0 bridgehead atoms. The van der Waals surface area contributed by atoms with Crippen molar-refractivity contribution in [1.29, 1.82) is 0 Å². The second-order valence-corrected chi connectivity index (χ2v) is 8.37. The van der Waals surface area contributed by atoms with Gasteiger partial charge in [0.15, 0.2) is 19.0 Å². The fourth-order valence-electron chi connectivity index (χ4n) is 3.18. The largest absolute Gasteiger partial charge is 0.482 e. The van der Waals surface area contributed by atoms with Gasteiger partial charge in [0.2, 0.25) is 0 Å². The fourth-order valence-corrected chi connectivity index (χ4v) is 3.18. The van der Waals surface area contributed by atoms with Crippen LogP contribution in [0.2, 0.25) is 0 Å². The Bertz CT molecular complexity index is 891. The van der Waals surface area contributed by atoms with E-state index in [-0.39, 0.29) is 36.2 Å². The molecule has 31 heavy (non-hydrogen) atoms. The maximum atomic E-state index is 12.3. The van der Waals surface area contributed by atoms with Gasteiger partial charge in [-0.1, -0.05) is 32.9 Å². The summed E-state index contributed by atoms with van der Waals surface area (Å²) in [6, 6.07) is 10.8. The Balaban J connectivity index is 1.37. The second kappa shape index (κ2) is 9.68. The molecule has 2 amide bonds. The van der Waals surface area contributed by atoms with E-state index in [1.165, 1.54) is 11.8 Å². The van der Waals surface area contributed by atoms with Crippen LogP contribution in [0.5, 0.6) is 5.75 Å². The Hall–Kier alpha value is -3.29. The van der Waals surface area contributed by atoms with Crippen molar-refractivity contribution in [2.45, 2.75) is 26.2 Å². The number of carbonyl (C=O) groups is 3. The molecule has 0 unspecified atom stereocenters. The number of piperazine rings is 1. The van der Waals surface area contributed by atoms with E-state index >= 15 is 0 Å². The molecule has 0 spiro atoms. The number of ether oxygens (including phenoxy) is 2. The molecule has 1 aromatic heterocycles. The van der Waals surface area contributed by atoms with E-state index < -0.39 is 5.97 Å². The third-order valence-corrected chi connectivity index (χ3v) is 5.09. The van der Waals surface area contributed by atoms with Gasteiger partial charge in [0.25, 0.3) is 11.8 Å². The fraction of sp³-hybridized carbons (Fsp3) is 0.435. The quantitative estimate of drug-likeness (QED) is 0.657. The first kappa shape index (κ1) is 22.4. The lowest BCUT2D eigenvalue weighted by molar-refractivity contribution is -0.154. The predicted molar refractivity (Wildman–Crippen MR) is 113 cm³/mol. The standard InChI is InChI=1S/C23H28N2O6/c1-23(2,3)17-6-8-18(9-7-17)30-16-21(27)31-15-20(26)24-10-12-25(13-11-24)22(28)19-5-4-14-29-19/h4-9,14H,10-13,15-16H2,1-3H3. The van der Waals surface area contributed by atoms with Crippen LogP contribution in [0.3, 0.4) is 0 Å². The van der Waals surface area contributed by atoms with Gasteiger partial charge in [0.1, 0.15) is 5.75 Å². The average molecular weight is 428 g/mol. The van der Waals surface area contributed by atoms with Crippen molar-refractivity contribution >= 4 is 17.8 Å². The van der Waals surface area contributed by atoms with Crippen molar-refractivity contribution in [2.24, 2.45) is 0 Å². The van der Waals surface area contributed by atoms with Crippen molar-refractivity contribution in [3.8, 4) is 5.75 Å². The van der Waals surface area contributed by atoms with Crippen LogP contribution in [-0.2, 0) is 19.7 Å². The Morgan fingerprint density at radius 2 is 1.58 bits per heavy atom. The first-order chi connectivity index (χ1) is 14.7. The molecule has 0 aliphatic carbocycles. The first-order valence-electron chi connectivity index (χ1n) is 10.2. The summed E-state index contributed by atoms with van der Waals surface area (Å²) in [4.78, 5) is 39.7. The van der Waals surface area contributed by atoms with Crippen LogP contribution < -0.4 is 4.74 Å². The molecule has 8 nitrogen and oxygen atoms in total. The van der Waals surface area contributed by atoms with Crippen molar-refractivity contribution in [1.82, 2.24) is 9.80 Å². The van der Waals surface area contributed by atoms with Crippen LogP contribution in [0.15, 0.2) is 47.1 Å². The predicted octanol–water partition coefficient (Wildman–Crippen LogP) is 2.48. The second-order valence-electron chi connectivity index (χ2n) is 8.37. The van der Waals surface area contributed by atoms with Gasteiger partial charge in [0.05, 0.1) is 6.26 Å². The monoisotopic (exact) mass is 428 g/mol. The van der Waals surface area contributed by atoms with Crippen LogP contribution in [0.1, 0.15) is 36.9 Å². The highest BCUT2D eigenvalue weighted by Crippen LogP contribution is 2.24. The SMILES string of the molecule is CC(C)(C)c1ccc(OCC(=O)OCC(=O)N2CCN(C(=O)c3ccco3)CC2)cc1. The van der Waals surface area contributed by atoms with Crippen molar-refractivity contribution in [3.63, 3.8) is 0 Å². The minimum Gasteiger partial charge on any atom is -0.482 e. The maximum Gasteiger partial charge on any atom is 0.344 e. The Morgan fingerprint density at radius 3 is 2.16 bits per heavy atom. The van der Waals surface area contributed by atoms with Crippen molar-refractivity contribution < 1.29 is 28.3 Å². The number of benzene rings is 1. The van der Waals surface area contributed by atoms with Gasteiger partial charge in [0, 0.05) is 26.2 Å². The molecule has 1 aromatic carbocycles. The topological polar surface area (TPSA) is 89.3 Å². The number of amides is 2. The molecular weight excluding hydrogens is 400 g/mol. The number of furan rings is 1. The highest BCUT2D eigenvalue weighted by molar-refractivity contribution is 5.91. The molecule has 1 aliphatic rings. The third kappa shape index (κ3) is 6.10. The highest BCUT2D eigenvalue weighted by atomic mass is 16.6. The van der Waals surface area contributed by atoms with Gasteiger partial charge in [-0.15, -0.1) is 0 Å². The average Bonchev–Trinajstić information content (AvgIpc) is 3.30. The highest BCUT2D eigenvalue weighted by Gasteiger charge is 2.26. The van der Waals surface area contributed by atoms with Gasteiger partial charge in [-0.25, -0.2) is 4.79 Å². The van der Waals surface area contributed by atoms with E-state index in [9.17, 15) is 14.4 Å². The molecule has 0 saturated carbocycles. The van der Waals surface area contributed by atoms with Crippen LogP contribution in [0.25, 0.3) is 0 Å². The smallest absolute Gasteiger partial charge is 0.344 e. The van der Waals surface area contributed by atoms with Gasteiger partial charge in [-0.3, -0.25) is 9.59 Å². The van der Waals surface area contributed by atoms with E-state index in [0.717, 1.165) is 0 Å². The first-order valence-corrected chi connectivity index (χ1v) is 10.2. The van der Waals surface area contributed by atoms with E-state index in [0.29, 0.717) is 31.9 Å². The Kier molecular flexibility index (Phi) is 6.99. The van der Waals surface area contributed by atoms with Gasteiger partial charge in [-0.2, -0.15) is 0 Å². The summed E-state index contributed by atoms with van der Waals surface area (Å²) >= 11 is 0. The van der Waals surface area contributed by atoms with E-state index in [4.69, 9.17) is 13.9 Å². The number of esters is 1. The van der Waals surface area contributed by atoms with Crippen LogP contribution in [0, 0.1) is 0 Å². The van der Waals surface area contributed by atoms with E-state index in [1.807, 2.05) is 24.3 Å². The zero-order valence-corrected chi connectivity index (χ0v) is 18.1. The molecule has 8 heteroatoms. The third-order valence-electron chi connectivity index (χ3n) is 5.09. The normalized spacial score (nSPS) is 14.3. The lowest BCUT2D eigenvalue weighted by Crippen LogP contribution is -2.51. The van der Waals surface area contributed by atoms with Crippen LogP contribution >= 0.6 is 0 Å². The molecule has 1 fully saturated rings. The summed E-state index contributed by atoms with van der Waals surface area (Å²) in [6.45, 7) is 7.28. The molecule has 1 saturated heterocycles. The summed E-state index contributed by atoms with van der Waals surface area (Å²) in [5.41, 5.74) is 1.20. The maximum absolute atomic E-state index is 12.3. The lowest BCUT2D eigenvalue weighted by Gasteiger charge is -2.34.